The summed E-state index contributed by atoms with van der Waals surface area (Å²) in [4.78, 5) is 18.3. The molecule has 0 aromatic carbocycles. The van der Waals surface area contributed by atoms with Gasteiger partial charge in [0.2, 0.25) is 0 Å². The molecule has 0 aliphatic rings. The fourth-order valence-corrected chi connectivity index (χ4v) is 1.88. The number of rotatable bonds is 2. The van der Waals surface area contributed by atoms with Gasteiger partial charge in [0.15, 0.2) is 11.5 Å². The zero-order valence-electron chi connectivity index (χ0n) is 10.6. The SMILES string of the molecule is CN(C)c1ccc2[nH]c(-c3ccc(Cl)cn3)nc2n1. The maximum atomic E-state index is 5.82. The van der Waals surface area contributed by atoms with Crippen LogP contribution in [0.25, 0.3) is 22.7 Å². The standard InChI is InChI=1S/C13H12ClN5/c1-19(2)11-6-5-10-13(17-11)18-12(16-10)9-4-3-8(14)7-15-9/h3-7H,1-2H3,(H,16,17,18). The number of hydrogen-bond acceptors (Lipinski definition) is 4. The van der Waals surface area contributed by atoms with E-state index in [0.717, 1.165) is 17.0 Å². The van der Waals surface area contributed by atoms with Crippen molar-refractivity contribution in [2.24, 2.45) is 0 Å². The summed E-state index contributed by atoms with van der Waals surface area (Å²) in [7, 11) is 3.89. The summed E-state index contributed by atoms with van der Waals surface area (Å²) in [5.74, 6) is 1.56. The lowest BCUT2D eigenvalue weighted by Crippen LogP contribution is -2.10. The lowest BCUT2D eigenvalue weighted by Gasteiger charge is -2.09. The Kier molecular flexibility index (Phi) is 2.83. The molecule has 0 unspecified atom stereocenters. The van der Waals surface area contributed by atoms with Crippen LogP contribution in [0.2, 0.25) is 5.02 Å². The van der Waals surface area contributed by atoms with Gasteiger partial charge in [-0.15, -0.1) is 0 Å². The van der Waals surface area contributed by atoms with Crippen LogP contribution >= 0.6 is 11.6 Å². The van der Waals surface area contributed by atoms with Gasteiger partial charge < -0.3 is 9.88 Å². The van der Waals surface area contributed by atoms with Crippen molar-refractivity contribution in [3.8, 4) is 11.5 Å². The molecule has 19 heavy (non-hydrogen) atoms. The Morgan fingerprint density at radius 2 is 1.95 bits per heavy atom. The molecule has 0 aliphatic carbocycles. The van der Waals surface area contributed by atoms with E-state index in [2.05, 4.69) is 19.9 Å². The van der Waals surface area contributed by atoms with E-state index in [1.54, 1.807) is 12.3 Å². The number of H-pyrrole nitrogens is 1. The molecule has 0 aliphatic heterocycles. The molecule has 3 aromatic heterocycles. The number of nitrogens with zero attached hydrogens (tertiary/aromatic N) is 4. The van der Waals surface area contributed by atoms with Crippen molar-refractivity contribution in [3.63, 3.8) is 0 Å². The highest BCUT2D eigenvalue weighted by Crippen LogP contribution is 2.20. The van der Waals surface area contributed by atoms with Crippen LogP contribution in [0.3, 0.4) is 0 Å². The van der Waals surface area contributed by atoms with Gasteiger partial charge in [-0.05, 0) is 24.3 Å². The van der Waals surface area contributed by atoms with E-state index in [1.807, 2.05) is 37.2 Å². The predicted octanol–water partition coefficient (Wildman–Crippen LogP) is 2.74. The molecule has 0 saturated carbocycles. The minimum absolute atomic E-state index is 0.605. The minimum Gasteiger partial charge on any atom is -0.363 e. The highest BCUT2D eigenvalue weighted by Gasteiger charge is 2.08. The Morgan fingerprint density at radius 3 is 2.63 bits per heavy atom. The van der Waals surface area contributed by atoms with Gasteiger partial charge in [0.25, 0.3) is 0 Å². The van der Waals surface area contributed by atoms with Crippen molar-refractivity contribution in [2.45, 2.75) is 0 Å². The largest absolute Gasteiger partial charge is 0.363 e. The number of halogens is 1. The van der Waals surface area contributed by atoms with Crippen molar-refractivity contribution >= 4 is 28.6 Å². The number of anilines is 1. The molecule has 0 amide bonds. The molecule has 6 heteroatoms. The molecule has 0 spiro atoms. The van der Waals surface area contributed by atoms with E-state index in [0.29, 0.717) is 16.5 Å². The lowest BCUT2D eigenvalue weighted by molar-refractivity contribution is 1.08. The number of pyridine rings is 2. The van der Waals surface area contributed by atoms with Gasteiger partial charge in [0.05, 0.1) is 10.5 Å². The minimum atomic E-state index is 0.605. The molecular formula is C13H12ClN5. The lowest BCUT2D eigenvalue weighted by atomic mass is 10.3. The number of imidazole rings is 1. The van der Waals surface area contributed by atoms with Gasteiger partial charge in [-0.1, -0.05) is 11.6 Å². The first kappa shape index (κ1) is 11.9. The zero-order chi connectivity index (χ0) is 13.4. The van der Waals surface area contributed by atoms with Crippen LogP contribution in [0.1, 0.15) is 0 Å². The van der Waals surface area contributed by atoms with Crippen molar-refractivity contribution < 1.29 is 0 Å². The molecular weight excluding hydrogens is 262 g/mol. The third-order valence-electron chi connectivity index (χ3n) is 2.76. The van der Waals surface area contributed by atoms with Crippen molar-refractivity contribution in [1.29, 1.82) is 0 Å². The van der Waals surface area contributed by atoms with Gasteiger partial charge in [0, 0.05) is 20.3 Å². The fourth-order valence-electron chi connectivity index (χ4n) is 1.77. The predicted molar refractivity (Wildman–Crippen MR) is 76.5 cm³/mol. The Hall–Kier alpha value is -2.14. The van der Waals surface area contributed by atoms with E-state index in [-0.39, 0.29) is 0 Å². The summed E-state index contributed by atoms with van der Waals surface area (Å²) >= 11 is 5.82. The fraction of sp³-hybridized carbons (Fsp3) is 0.154. The molecule has 3 aromatic rings. The quantitative estimate of drug-likeness (QED) is 0.780. The number of hydrogen-bond donors (Lipinski definition) is 1. The Morgan fingerprint density at radius 1 is 1.11 bits per heavy atom. The third kappa shape index (κ3) is 2.24. The molecule has 0 fully saturated rings. The normalized spacial score (nSPS) is 10.9. The van der Waals surface area contributed by atoms with Gasteiger partial charge in [-0.2, -0.15) is 0 Å². The van der Waals surface area contributed by atoms with E-state index < -0.39 is 0 Å². The highest BCUT2D eigenvalue weighted by atomic mass is 35.5. The summed E-state index contributed by atoms with van der Waals surface area (Å²) < 4.78 is 0. The van der Waals surface area contributed by atoms with Gasteiger partial charge >= 0.3 is 0 Å². The second-order valence-electron chi connectivity index (χ2n) is 4.38. The first-order valence-electron chi connectivity index (χ1n) is 5.79. The van der Waals surface area contributed by atoms with E-state index >= 15 is 0 Å². The van der Waals surface area contributed by atoms with E-state index in [1.165, 1.54) is 0 Å². The summed E-state index contributed by atoms with van der Waals surface area (Å²) in [5, 5.41) is 0.605. The number of aromatic amines is 1. The monoisotopic (exact) mass is 273 g/mol. The average Bonchev–Trinajstić information content (AvgIpc) is 2.82. The second kappa shape index (κ2) is 4.51. The highest BCUT2D eigenvalue weighted by molar-refractivity contribution is 6.30. The number of aromatic nitrogens is 4. The molecule has 3 rings (SSSR count). The Balaban J connectivity index is 2.08. The number of nitrogens with one attached hydrogen (secondary N) is 1. The molecule has 0 bridgehead atoms. The van der Waals surface area contributed by atoms with Crippen LogP contribution < -0.4 is 4.90 Å². The second-order valence-corrected chi connectivity index (χ2v) is 4.82. The molecule has 3 heterocycles. The smallest absolute Gasteiger partial charge is 0.180 e. The van der Waals surface area contributed by atoms with Crippen LogP contribution in [0.5, 0.6) is 0 Å². The average molecular weight is 274 g/mol. The van der Waals surface area contributed by atoms with Crippen molar-refractivity contribution in [1.82, 2.24) is 19.9 Å². The van der Waals surface area contributed by atoms with Crippen LogP contribution in [-0.4, -0.2) is 34.0 Å². The summed E-state index contributed by atoms with van der Waals surface area (Å²) in [6.45, 7) is 0. The molecule has 1 N–H and O–H groups in total. The summed E-state index contributed by atoms with van der Waals surface area (Å²) in [6, 6.07) is 7.52. The molecule has 0 saturated heterocycles. The van der Waals surface area contributed by atoms with Gasteiger partial charge in [-0.25, -0.2) is 9.97 Å². The molecule has 0 atom stereocenters. The topological polar surface area (TPSA) is 57.7 Å². The first-order chi connectivity index (χ1) is 9.13. The first-order valence-corrected chi connectivity index (χ1v) is 6.17. The molecule has 5 nitrogen and oxygen atoms in total. The van der Waals surface area contributed by atoms with Crippen LogP contribution in [0.15, 0.2) is 30.5 Å². The van der Waals surface area contributed by atoms with Crippen LogP contribution in [-0.2, 0) is 0 Å². The van der Waals surface area contributed by atoms with Crippen molar-refractivity contribution in [3.05, 3.63) is 35.5 Å². The van der Waals surface area contributed by atoms with E-state index in [4.69, 9.17) is 11.6 Å². The van der Waals surface area contributed by atoms with Crippen LogP contribution in [0, 0.1) is 0 Å². The Bertz CT molecular complexity index is 717. The van der Waals surface area contributed by atoms with Crippen molar-refractivity contribution in [2.75, 3.05) is 19.0 Å². The Labute approximate surface area is 115 Å². The van der Waals surface area contributed by atoms with Gasteiger partial charge in [-0.3, -0.25) is 4.98 Å². The van der Waals surface area contributed by atoms with E-state index in [9.17, 15) is 0 Å². The number of fused-ring (bicyclic) bond motifs is 1. The zero-order valence-corrected chi connectivity index (χ0v) is 11.3. The van der Waals surface area contributed by atoms with Crippen LogP contribution in [0.4, 0.5) is 5.82 Å². The summed E-state index contributed by atoms with van der Waals surface area (Å²) in [5.41, 5.74) is 2.31. The third-order valence-corrected chi connectivity index (χ3v) is 2.98. The summed E-state index contributed by atoms with van der Waals surface area (Å²) in [6.07, 6.45) is 1.60. The maximum Gasteiger partial charge on any atom is 0.180 e. The molecule has 96 valence electrons. The molecule has 0 radical (unpaired) electrons. The van der Waals surface area contributed by atoms with Gasteiger partial charge in [0.1, 0.15) is 11.5 Å². The maximum absolute atomic E-state index is 5.82.